The molecule has 124 valence electrons. The summed E-state index contributed by atoms with van der Waals surface area (Å²) < 4.78 is 6.55. The number of aromatic nitrogens is 2. The second kappa shape index (κ2) is 5.98. The van der Waals surface area contributed by atoms with E-state index in [0.717, 1.165) is 0 Å². The zero-order chi connectivity index (χ0) is 17.3. The summed E-state index contributed by atoms with van der Waals surface area (Å²) in [5.41, 5.74) is -0.419. The molecule has 1 aromatic rings. The molecule has 0 bridgehead atoms. The van der Waals surface area contributed by atoms with E-state index in [1.165, 1.54) is 10.7 Å². The van der Waals surface area contributed by atoms with Crippen molar-refractivity contribution in [2.24, 2.45) is 12.5 Å². The predicted octanol–water partition coefficient (Wildman–Crippen LogP) is 2.73. The maximum absolute atomic E-state index is 12.0. The summed E-state index contributed by atoms with van der Waals surface area (Å²) in [6.45, 7) is 11.1. The average Bonchev–Trinajstić information content (AvgIpc) is 2.64. The molecule has 2 N–H and O–H groups in total. The van der Waals surface area contributed by atoms with Crippen LogP contribution in [0.2, 0.25) is 0 Å². The lowest BCUT2D eigenvalue weighted by molar-refractivity contribution is 0.0459. The topological polar surface area (TPSA) is 93.5 Å². The van der Waals surface area contributed by atoms with Crippen LogP contribution in [0.1, 0.15) is 63.8 Å². The van der Waals surface area contributed by atoms with Crippen LogP contribution in [0.15, 0.2) is 6.07 Å². The van der Waals surface area contributed by atoms with Crippen molar-refractivity contribution in [2.45, 2.75) is 53.2 Å². The van der Waals surface area contributed by atoms with Gasteiger partial charge in [0, 0.05) is 7.05 Å². The van der Waals surface area contributed by atoms with E-state index in [1.54, 1.807) is 27.8 Å². The summed E-state index contributed by atoms with van der Waals surface area (Å²) >= 11 is 0. The molecule has 1 atom stereocenters. The zero-order valence-electron chi connectivity index (χ0n) is 14.2. The van der Waals surface area contributed by atoms with E-state index in [0.29, 0.717) is 5.69 Å². The highest BCUT2D eigenvalue weighted by molar-refractivity contribution is 5.85. The van der Waals surface area contributed by atoms with Crippen molar-refractivity contribution in [3.05, 3.63) is 17.5 Å². The molecule has 0 aliphatic carbocycles. The Morgan fingerprint density at radius 1 is 1.27 bits per heavy atom. The largest absolute Gasteiger partial charge is 0.477 e. The Hall–Kier alpha value is -2.05. The summed E-state index contributed by atoms with van der Waals surface area (Å²) in [7, 11) is 1.56. The number of amides is 1. The number of carbonyl (C=O) groups is 2. The molecule has 0 aliphatic heterocycles. The smallest absolute Gasteiger partial charge is 0.408 e. The van der Waals surface area contributed by atoms with Gasteiger partial charge < -0.3 is 15.2 Å². The normalized spacial score (nSPS) is 13.6. The highest BCUT2D eigenvalue weighted by atomic mass is 16.6. The third kappa shape index (κ3) is 4.75. The van der Waals surface area contributed by atoms with Crippen molar-refractivity contribution < 1.29 is 19.4 Å². The van der Waals surface area contributed by atoms with Crippen LogP contribution >= 0.6 is 0 Å². The lowest BCUT2D eigenvalue weighted by Gasteiger charge is -2.31. The first-order valence-corrected chi connectivity index (χ1v) is 7.08. The van der Waals surface area contributed by atoms with Gasteiger partial charge in [-0.3, -0.25) is 4.68 Å². The zero-order valence-corrected chi connectivity index (χ0v) is 14.2. The molecule has 1 amide bonds. The van der Waals surface area contributed by atoms with E-state index >= 15 is 0 Å². The van der Waals surface area contributed by atoms with Gasteiger partial charge in [-0.05, 0) is 32.3 Å². The monoisotopic (exact) mass is 311 g/mol. The molecule has 0 radical (unpaired) electrons. The number of nitrogens with one attached hydrogen (secondary N) is 1. The highest BCUT2D eigenvalue weighted by Gasteiger charge is 2.32. The van der Waals surface area contributed by atoms with Crippen LogP contribution in [0.5, 0.6) is 0 Å². The second-order valence-corrected chi connectivity index (χ2v) is 7.33. The fourth-order valence-corrected chi connectivity index (χ4v) is 1.99. The first-order valence-electron chi connectivity index (χ1n) is 7.08. The average molecular weight is 311 g/mol. The predicted molar refractivity (Wildman–Crippen MR) is 81.7 cm³/mol. The van der Waals surface area contributed by atoms with Crippen molar-refractivity contribution in [2.75, 3.05) is 0 Å². The molecule has 0 saturated carbocycles. The van der Waals surface area contributed by atoms with Crippen molar-refractivity contribution in [1.82, 2.24) is 15.1 Å². The number of carbonyl (C=O) groups excluding carboxylic acids is 1. The lowest BCUT2D eigenvalue weighted by Crippen LogP contribution is -2.40. The summed E-state index contributed by atoms with van der Waals surface area (Å²) in [5.74, 6) is -1.06. The molecule has 0 fully saturated rings. The Morgan fingerprint density at radius 2 is 1.82 bits per heavy atom. The van der Waals surface area contributed by atoms with Crippen LogP contribution in [0, 0.1) is 5.41 Å². The number of aryl methyl sites for hydroxylation is 1. The van der Waals surface area contributed by atoms with Crippen molar-refractivity contribution in [1.29, 1.82) is 0 Å². The third-order valence-electron chi connectivity index (χ3n) is 2.94. The Labute approximate surface area is 130 Å². The summed E-state index contributed by atoms with van der Waals surface area (Å²) in [5, 5.41) is 16.1. The fourth-order valence-electron chi connectivity index (χ4n) is 1.99. The number of aromatic carboxylic acids is 1. The number of ether oxygens (including phenoxy) is 1. The number of carboxylic acids is 1. The first-order chi connectivity index (χ1) is 9.81. The standard InChI is InChI=1S/C15H25N3O4/c1-14(2,3)11(16-13(21)22-15(4,5)6)9-8-10(12(19)20)18(7)17-9/h8,11H,1-7H3,(H,16,21)(H,19,20). The minimum absolute atomic E-state index is 0.0650. The van der Waals surface area contributed by atoms with E-state index in [2.05, 4.69) is 10.4 Å². The molecule has 1 aromatic heterocycles. The third-order valence-corrected chi connectivity index (χ3v) is 2.94. The number of alkyl carbamates (subject to hydrolysis) is 1. The maximum Gasteiger partial charge on any atom is 0.408 e. The van der Waals surface area contributed by atoms with E-state index < -0.39 is 23.7 Å². The molecule has 22 heavy (non-hydrogen) atoms. The molecule has 0 aromatic carbocycles. The maximum atomic E-state index is 12.0. The summed E-state index contributed by atoms with van der Waals surface area (Å²) in [6, 6.07) is 0.997. The van der Waals surface area contributed by atoms with E-state index in [1.807, 2.05) is 20.8 Å². The quantitative estimate of drug-likeness (QED) is 0.895. The molecular formula is C15H25N3O4. The Morgan fingerprint density at radius 3 is 2.18 bits per heavy atom. The van der Waals surface area contributed by atoms with Crippen LogP contribution in [-0.4, -0.2) is 32.6 Å². The molecule has 1 heterocycles. The molecule has 1 rings (SSSR count). The Balaban J connectivity index is 3.07. The van der Waals surface area contributed by atoms with E-state index in [9.17, 15) is 9.59 Å². The van der Waals surface area contributed by atoms with Crippen LogP contribution in [0.4, 0.5) is 4.79 Å². The number of rotatable bonds is 3. The Bertz CT molecular complexity index is 564. The molecule has 7 heteroatoms. The number of hydrogen-bond donors (Lipinski definition) is 2. The molecule has 0 spiro atoms. The van der Waals surface area contributed by atoms with Crippen LogP contribution < -0.4 is 5.32 Å². The molecule has 0 saturated heterocycles. The molecule has 0 aliphatic rings. The fraction of sp³-hybridized carbons (Fsp3) is 0.667. The van der Waals surface area contributed by atoms with E-state index in [4.69, 9.17) is 9.84 Å². The van der Waals surface area contributed by atoms with Gasteiger partial charge in [0.25, 0.3) is 0 Å². The number of nitrogens with zero attached hydrogens (tertiary/aromatic N) is 2. The first kappa shape index (κ1) is 18.0. The minimum atomic E-state index is -1.06. The minimum Gasteiger partial charge on any atom is -0.477 e. The molecular weight excluding hydrogens is 286 g/mol. The van der Waals surface area contributed by atoms with Crippen LogP contribution in [0.3, 0.4) is 0 Å². The summed E-state index contributed by atoms with van der Waals surface area (Å²) in [6.07, 6.45) is -0.560. The highest BCUT2D eigenvalue weighted by Crippen LogP contribution is 2.32. The van der Waals surface area contributed by atoms with Crippen molar-refractivity contribution in [3.8, 4) is 0 Å². The van der Waals surface area contributed by atoms with Gasteiger partial charge in [-0.2, -0.15) is 5.10 Å². The van der Waals surface area contributed by atoms with Gasteiger partial charge in [0.1, 0.15) is 11.3 Å². The molecule has 7 nitrogen and oxygen atoms in total. The van der Waals surface area contributed by atoms with Gasteiger partial charge >= 0.3 is 12.1 Å². The number of hydrogen-bond acceptors (Lipinski definition) is 4. The van der Waals surface area contributed by atoms with Gasteiger partial charge in [-0.1, -0.05) is 20.8 Å². The van der Waals surface area contributed by atoms with Gasteiger partial charge in [0.05, 0.1) is 11.7 Å². The summed E-state index contributed by atoms with van der Waals surface area (Å²) in [4.78, 5) is 23.2. The molecule has 1 unspecified atom stereocenters. The lowest BCUT2D eigenvalue weighted by atomic mass is 9.85. The van der Waals surface area contributed by atoms with Crippen LogP contribution in [0.25, 0.3) is 0 Å². The van der Waals surface area contributed by atoms with Gasteiger partial charge in [-0.25, -0.2) is 9.59 Å². The van der Waals surface area contributed by atoms with Gasteiger partial charge in [-0.15, -0.1) is 0 Å². The SMILES string of the molecule is Cn1nc(C(NC(=O)OC(C)(C)C)C(C)(C)C)cc1C(=O)O. The van der Waals surface area contributed by atoms with Crippen molar-refractivity contribution >= 4 is 12.1 Å². The van der Waals surface area contributed by atoms with Gasteiger partial charge in [0.2, 0.25) is 0 Å². The van der Waals surface area contributed by atoms with Crippen molar-refractivity contribution in [3.63, 3.8) is 0 Å². The van der Waals surface area contributed by atoms with Gasteiger partial charge in [0.15, 0.2) is 0 Å². The van der Waals surface area contributed by atoms with Crippen LogP contribution in [-0.2, 0) is 11.8 Å². The van der Waals surface area contributed by atoms with E-state index in [-0.39, 0.29) is 11.1 Å². The second-order valence-electron chi connectivity index (χ2n) is 7.33. The number of carboxylic acid groups (broad SMARTS) is 1. The Kier molecular flexibility index (Phi) is 4.89.